The first-order valence-corrected chi connectivity index (χ1v) is 8.57. The predicted octanol–water partition coefficient (Wildman–Crippen LogP) is 4.89. The van der Waals surface area contributed by atoms with E-state index in [1.807, 2.05) is 14.0 Å². The van der Waals surface area contributed by atoms with Crippen LogP contribution in [0, 0.1) is 12.8 Å². The Balaban J connectivity index is 2.23. The summed E-state index contributed by atoms with van der Waals surface area (Å²) < 4.78 is 5.92. The minimum Gasteiger partial charge on any atom is -0.379 e. The second-order valence-corrected chi connectivity index (χ2v) is 6.55. The summed E-state index contributed by atoms with van der Waals surface area (Å²) in [6.07, 6.45) is 6.81. The van der Waals surface area contributed by atoms with E-state index in [0.29, 0.717) is 5.92 Å². The van der Waals surface area contributed by atoms with Gasteiger partial charge in [0, 0.05) is 12.1 Å². The van der Waals surface area contributed by atoms with E-state index in [-0.39, 0.29) is 12.1 Å². The molecule has 118 valence electrons. The van der Waals surface area contributed by atoms with Gasteiger partial charge in [-0.25, -0.2) is 0 Å². The molecule has 0 aliphatic heterocycles. The van der Waals surface area contributed by atoms with Gasteiger partial charge in [-0.1, -0.05) is 49.9 Å². The van der Waals surface area contributed by atoms with E-state index in [2.05, 4.69) is 30.4 Å². The first-order chi connectivity index (χ1) is 10.2. The summed E-state index contributed by atoms with van der Waals surface area (Å²) in [7, 11) is 1.85. The lowest BCUT2D eigenvalue weighted by Gasteiger charge is -2.35. The molecule has 0 aromatic heterocycles. The Labute approximate surface area is 134 Å². The van der Waals surface area contributed by atoms with Gasteiger partial charge in [-0.05, 0) is 49.4 Å². The fourth-order valence-corrected chi connectivity index (χ4v) is 3.70. The molecular weight excluding hydrogens is 282 g/mol. The molecule has 0 saturated heterocycles. The second-order valence-electron chi connectivity index (χ2n) is 6.14. The first-order valence-electron chi connectivity index (χ1n) is 8.19. The maximum atomic E-state index is 6.32. The minimum atomic E-state index is 0.223. The van der Waals surface area contributed by atoms with Gasteiger partial charge in [0.05, 0.1) is 12.1 Å². The average Bonchev–Trinajstić information content (AvgIpc) is 2.51. The third kappa shape index (κ3) is 4.21. The van der Waals surface area contributed by atoms with Gasteiger partial charge in [-0.3, -0.25) is 0 Å². The van der Waals surface area contributed by atoms with Crippen molar-refractivity contribution in [3.05, 3.63) is 34.3 Å². The number of likely N-dealkylation sites (N-methyl/N-ethyl adjacent to an activating group) is 1. The number of ether oxygens (including phenoxy) is 1. The van der Waals surface area contributed by atoms with Crippen LogP contribution in [0.3, 0.4) is 0 Å². The normalized spacial score (nSPS) is 19.4. The summed E-state index contributed by atoms with van der Waals surface area (Å²) in [6, 6.07) is 6.61. The lowest BCUT2D eigenvalue weighted by molar-refractivity contribution is 0.00792. The number of methoxy groups -OCH3 is 1. The fraction of sp³-hybridized carbons (Fsp3) is 0.667. The molecule has 2 rings (SSSR count). The lowest BCUT2D eigenvalue weighted by Crippen LogP contribution is -2.39. The van der Waals surface area contributed by atoms with Crippen LogP contribution in [-0.2, 0) is 4.74 Å². The molecule has 1 aliphatic rings. The van der Waals surface area contributed by atoms with Crippen LogP contribution in [0.1, 0.15) is 56.2 Å². The van der Waals surface area contributed by atoms with Crippen molar-refractivity contribution in [3.8, 4) is 0 Å². The first kappa shape index (κ1) is 16.8. The predicted molar refractivity (Wildman–Crippen MR) is 90.0 cm³/mol. The number of hydrogen-bond acceptors (Lipinski definition) is 2. The molecule has 1 aliphatic carbocycles. The zero-order chi connectivity index (χ0) is 15.2. The van der Waals surface area contributed by atoms with Gasteiger partial charge in [-0.15, -0.1) is 0 Å². The standard InChI is InChI=1S/C18H28ClNO/c1-4-20-17(15-11-10-13(2)16(19)12-15)18(21-3)14-8-6-5-7-9-14/h10-12,14,17-18,20H,4-9H2,1-3H3. The van der Waals surface area contributed by atoms with Crippen molar-refractivity contribution in [1.29, 1.82) is 0 Å². The Bertz CT molecular complexity index is 443. The molecule has 3 heteroatoms. The molecule has 0 heterocycles. The Morgan fingerprint density at radius 2 is 2.00 bits per heavy atom. The number of nitrogens with one attached hydrogen (secondary N) is 1. The van der Waals surface area contributed by atoms with Crippen LogP contribution in [0.15, 0.2) is 18.2 Å². The molecule has 0 radical (unpaired) electrons. The van der Waals surface area contributed by atoms with E-state index in [1.54, 1.807) is 0 Å². The van der Waals surface area contributed by atoms with Crippen LogP contribution < -0.4 is 5.32 Å². The number of aryl methyl sites for hydroxylation is 1. The third-order valence-corrected chi connectivity index (χ3v) is 5.10. The van der Waals surface area contributed by atoms with E-state index in [4.69, 9.17) is 16.3 Å². The Morgan fingerprint density at radius 3 is 2.57 bits per heavy atom. The monoisotopic (exact) mass is 309 g/mol. The van der Waals surface area contributed by atoms with Crippen LogP contribution in [0.4, 0.5) is 0 Å². The van der Waals surface area contributed by atoms with Crippen LogP contribution in [0.5, 0.6) is 0 Å². The van der Waals surface area contributed by atoms with Crippen LogP contribution in [0.2, 0.25) is 5.02 Å². The molecule has 2 atom stereocenters. The van der Waals surface area contributed by atoms with E-state index < -0.39 is 0 Å². The average molecular weight is 310 g/mol. The molecule has 1 aromatic carbocycles. The van der Waals surface area contributed by atoms with Crippen molar-refractivity contribution in [2.75, 3.05) is 13.7 Å². The van der Waals surface area contributed by atoms with Crippen LogP contribution in [-0.4, -0.2) is 19.8 Å². The molecule has 0 spiro atoms. The maximum Gasteiger partial charge on any atom is 0.0794 e. The molecular formula is C18H28ClNO. The topological polar surface area (TPSA) is 21.3 Å². The van der Waals surface area contributed by atoms with Gasteiger partial charge in [0.1, 0.15) is 0 Å². The summed E-state index contributed by atoms with van der Waals surface area (Å²) in [5, 5.41) is 4.45. The summed E-state index contributed by atoms with van der Waals surface area (Å²) >= 11 is 6.32. The van der Waals surface area contributed by atoms with Crippen molar-refractivity contribution in [2.45, 2.75) is 58.1 Å². The van der Waals surface area contributed by atoms with Crippen molar-refractivity contribution in [1.82, 2.24) is 5.32 Å². The SMILES string of the molecule is CCNC(c1ccc(C)c(Cl)c1)C(OC)C1CCCCC1. The Morgan fingerprint density at radius 1 is 1.29 bits per heavy atom. The van der Waals surface area contributed by atoms with Gasteiger partial charge >= 0.3 is 0 Å². The smallest absolute Gasteiger partial charge is 0.0794 e. The highest BCUT2D eigenvalue weighted by molar-refractivity contribution is 6.31. The Kier molecular flexibility index (Phi) is 6.53. The van der Waals surface area contributed by atoms with E-state index in [1.165, 1.54) is 37.7 Å². The minimum absolute atomic E-state index is 0.223. The zero-order valence-corrected chi connectivity index (χ0v) is 14.2. The molecule has 2 unspecified atom stereocenters. The van der Waals surface area contributed by atoms with Crippen LogP contribution in [0.25, 0.3) is 0 Å². The zero-order valence-electron chi connectivity index (χ0n) is 13.5. The lowest BCUT2D eigenvalue weighted by atomic mass is 9.81. The summed E-state index contributed by atoms with van der Waals surface area (Å²) in [6.45, 7) is 5.13. The van der Waals surface area contributed by atoms with E-state index in [0.717, 1.165) is 17.1 Å². The number of benzene rings is 1. The van der Waals surface area contributed by atoms with E-state index >= 15 is 0 Å². The van der Waals surface area contributed by atoms with Crippen molar-refractivity contribution < 1.29 is 4.74 Å². The van der Waals surface area contributed by atoms with Crippen molar-refractivity contribution in [3.63, 3.8) is 0 Å². The Hall–Kier alpha value is -0.570. The van der Waals surface area contributed by atoms with Gasteiger partial charge in [0.15, 0.2) is 0 Å². The van der Waals surface area contributed by atoms with Gasteiger partial charge in [-0.2, -0.15) is 0 Å². The number of rotatable bonds is 6. The van der Waals surface area contributed by atoms with Gasteiger partial charge in [0.2, 0.25) is 0 Å². The van der Waals surface area contributed by atoms with Crippen LogP contribution >= 0.6 is 11.6 Å². The van der Waals surface area contributed by atoms with Crippen molar-refractivity contribution in [2.24, 2.45) is 5.92 Å². The highest BCUT2D eigenvalue weighted by atomic mass is 35.5. The third-order valence-electron chi connectivity index (χ3n) is 4.69. The highest BCUT2D eigenvalue weighted by Crippen LogP contribution is 2.35. The molecule has 0 amide bonds. The molecule has 1 aromatic rings. The molecule has 1 N–H and O–H groups in total. The summed E-state index contributed by atoms with van der Waals surface area (Å²) in [5.41, 5.74) is 2.37. The van der Waals surface area contributed by atoms with E-state index in [9.17, 15) is 0 Å². The molecule has 1 saturated carbocycles. The quantitative estimate of drug-likeness (QED) is 0.807. The molecule has 0 bridgehead atoms. The number of halogens is 1. The van der Waals surface area contributed by atoms with Crippen molar-refractivity contribution >= 4 is 11.6 Å². The highest BCUT2D eigenvalue weighted by Gasteiger charge is 2.31. The largest absolute Gasteiger partial charge is 0.379 e. The molecule has 1 fully saturated rings. The van der Waals surface area contributed by atoms with Gasteiger partial charge < -0.3 is 10.1 Å². The fourth-order valence-electron chi connectivity index (χ4n) is 3.51. The molecule has 21 heavy (non-hydrogen) atoms. The summed E-state index contributed by atoms with van der Waals surface area (Å²) in [5.74, 6) is 0.646. The second kappa shape index (κ2) is 8.17. The summed E-state index contributed by atoms with van der Waals surface area (Å²) in [4.78, 5) is 0. The van der Waals surface area contributed by atoms with Gasteiger partial charge in [0.25, 0.3) is 0 Å². The number of hydrogen-bond donors (Lipinski definition) is 1. The maximum absolute atomic E-state index is 6.32. The molecule has 2 nitrogen and oxygen atoms in total.